The van der Waals surface area contributed by atoms with Gasteiger partial charge in [-0.1, -0.05) is 55.2 Å². The average Bonchev–Trinajstić information content (AvgIpc) is 2.90. The minimum atomic E-state index is 0.432. The molecule has 1 heterocycles. The third-order valence-corrected chi connectivity index (χ3v) is 4.29. The molecule has 21 heavy (non-hydrogen) atoms. The highest BCUT2D eigenvalue weighted by Crippen LogP contribution is 2.28. The van der Waals surface area contributed by atoms with Gasteiger partial charge in [0.1, 0.15) is 0 Å². The summed E-state index contributed by atoms with van der Waals surface area (Å²) >= 11 is 6.89. The van der Waals surface area contributed by atoms with Crippen molar-refractivity contribution in [2.45, 2.75) is 6.42 Å². The number of nitrogens with zero attached hydrogens (tertiary/aromatic N) is 2. The van der Waals surface area contributed by atoms with Crippen LogP contribution in [0.2, 0.25) is 0 Å². The quantitative estimate of drug-likeness (QED) is 0.650. The van der Waals surface area contributed by atoms with Crippen molar-refractivity contribution >= 4 is 37.5 Å². The Morgan fingerprint density at radius 1 is 1.10 bits per heavy atom. The van der Waals surface area contributed by atoms with Crippen LogP contribution in [0.25, 0.3) is 11.5 Å². The number of rotatable bonds is 3. The van der Waals surface area contributed by atoms with Gasteiger partial charge in [0, 0.05) is 21.1 Å². The van der Waals surface area contributed by atoms with Crippen LogP contribution in [0.15, 0.2) is 55.9 Å². The predicted molar refractivity (Wildman–Crippen MR) is 88.8 cm³/mol. The summed E-state index contributed by atoms with van der Waals surface area (Å²) in [5.41, 5.74) is 8.42. The second kappa shape index (κ2) is 5.99. The number of nitrogens with two attached hydrogens (primary N) is 1. The fourth-order valence-electron chi connectivity index (χ4n) is 1.98. The summed E-state index contributed by atoms with van der Waals surface area (Å²) < 4.78 is 7.25. The van der Waals surface area contributed by atoms with Gasteiger partial charge in [-0.3, -0.25) is 0 Å². The lowest BCUT2D eigenvalue weighted by molar-refractivity contribution is 0.424. The van der Waals surface area contributed by atoms with Gasteiger partial charge in [0.05, 0.1) is 5.56 Å². The normalized spacial score (nSPS) is 10.8. The van der Waals surface area contributed by atoms with Crippen molar-refractivity contribution in [3.05, 3.63) is 62.8 Å². The molecule has 6 heteroatoms. The maximum absolute atomic E-state index is 5.97. The Labute approximate surface area is 138 Å². The predicted octanol–water partition coefficient (Wildman–Crippen LogP) is 4.43. The largest absolute Gasteiger partial charge is 0.398 e. The van der Waals surface area contributed by atoms with Crippen LogP contribution in [-0.4, -0.2) is 10.1 Å². The number of aromatic nitrogens is 2. The summed E-state index contributed by atoms with van der Waals surface area (Å²) in [4.78, 5) is 4.41. The lowest BCUT2D eigenvalue weighted by atomic mass is 10.1. The molecule has 0 aliphatic heterocycles. The maximum Gasteiger partial charge on any atom is 0.260 e. The van der Waals surface area contributed by atoms with Gasteiger partial charge in [-0.25, -0.2) is 0 Å². The number of nitrogen functional groups attached to an aromatic ring is 1. The topological polar surface area (TPSA) is 64.9 Å². The summed E-state index contributed by atoms with van der Waals surface area (Å²) in [7, 11) is 0. The fourth-order valence-corrected chi connectivity index (χ4v) is 2.78. The number of anilines is 1. The molecule has 2 aromatic carbocycles. The average molecular weight is 409 g/mol. The molecule has 0 amide bonds. The van der Waals surface area contributed by atoms with Gasteiger partial charge in [0.25, 0.3) is 5.89 Å². The van der Waals surface area contributed by atoms with Gasteiger partial charge >= 0.3 is 0 Å². The first-order valence-corrected chi connectivity index (χ1v) is 7.83. The molecule has 1 aromatic heterocycles. The molecular weight excluding hydrogens is 398 g/mol. The number of hydrogen-bond donors (Lipinski definition) is 1. The van der Waals surface area contributed by atoms with Crippen molar-refractivity contribution in [2.24, 2.45) is 0 Å². The van der Waals surface area contributed by atoms with E-state index < -0.39 is 0 Å². The maximum atomic E-state index is 5.97. The van der Waals surface area contributed by atoms with E-state index in [9.17, 15) is 0 Å². The third kappa shape index (κ3) is 3.16. The van der Waals surface area contributed by atoms with Crippen molar-refractivity contribution in [2.75, 3.05) is 5.73 Å². The third-order valence-electron chi connectivity index (χ3n) is 3.02. The Morgan fingerprint density at radius 2 is 1.90 bits per heavy atom. The van der Waals surface area contributed by atoms with E-state index in [1.807, 2.05) is 42.5 Å². The minimum absolute atomic E-state index is 0.432. The van der Waals surface area contributed by atoms with Crippen molar-refractivity contribution in [3.63, 3.8) is 0 Å². The molecule has 2 N–H and O–H groups in total. The van der Waals surface area contributed by atoms with Crippen LogP contribution in [0.1, 0.15) is 11.4 Å². The molecular formula is C15H11Br2N3O. The molecule has 0 radical (unpaired) electrons. The highest BCUT2D eigenvalue weighted by atomic mass is 79.9. The number of halogens is 2. The molecule has 0 bridgehead atoms. The molecule has 106 valence electrons. The summed E-state index contributed by atoms with van der Waals surface area (Å²) in [6.45, 7) is 0. The van der Waals surface area contributed by atoms with Crippen molar-refractivity contribution in [3.8, 4) is 11.5 Å². The first-order valence-electron chi connectivity index (χ1n) is 6.25. The molecule has 0 fully saturated rings. The van der Waals surface area contributed by atoms with Crippen LogP contribution < -0.4 is 5.73 Å². The molecule has 0 unspecified atom stereocenters. The summed E-state index contributed by atoms with van der Waals surface area (Å²) in [5.74, 6) is 1.06. The lowest BCUT2D eigenvalue weighted by Crippen LogP contribution is -1.93. The molecule has 3 aromatic rings. The van der Waals surface area contributed by atoms with Gasteiger partial charge in [0.2, 0.25) is 0 Å². The Morgan fingerprint density at radius 3 is 2.67 bits per heavy atom. The van der Waals surface area contributed by atoms with Crippen LogP contribution >= 0.6 is 31.9 Å². The second-order valence-corrected chi connectivity index (χ2v) is 6.29. The minimum Gasteiger partial charge on any atom is -0.398 e. The zero-order valence-electron chi connectivity index (χ0n) is 10.9. The van der Waals surface area contributed by atoms with Crippen LogP contribution in [-0.2, 0) is 6.42 Å². The van der Waals surface area contributed by atoms with E-state index in [1.165, 1.54) is 0 Å². The van der Waals surface area contributed by atoms with Crippen LogP contribution in [0, 0.1) is 0 Å². The first kappa shape index (κ1) is 14.3. The number of hydrogen-bond acceptors (Lipinski definition) is 4. The molecule has 0 spiro atoms. The Kier molecular flexibility index (Phi) is 4.07. The summed E-state index contributed by atoms with van der Waals surface area (Å²) in [6.07, 6.45) is 0.599. The second-order valence-electron chi connectivity index (χ2n) is 4.52. The van der Waals surface area contributed by atoms with Gasteiger partial charge in [-0.15, -0.1) is 0 Å². The summed E-state index contributed by atoms with van der Waals surface area (Å²) in [6, 6.07) is 13.5. The van der Waals surface area contributed by atoms with Crippen molar-refractivity contribution < 1.29 is 4.52 Å². The standard InChI is InChI=1S/C15H11Br2N3O/c16-10-5-6-11(13(18)8-10)15-19-14(20-21-15)7-9-3-1-2-4-12(9)17/h1-6,8H,7,18H2. The zero-order valence-corrected chi connectivity index (χ0v) is 14.1. The molecule has 3 rings (SSSR count). The van der Waals surface area contributed by atoms with E-state index in [4.69, 9.17) is 10.3 Å². The smallest absolute Gasteiger partial charge is 0.260 e. The van der Waals surface area contributed by atoms with Crippen molar-refractivity contribution in [1.82, 2.24) is 10.1 Å². The van der Waals surface area contributed by atoms with E-state index in [-0.39, 0.29) is 0 Å². The number of benzene rings is 2. The molecule has 4 nitrogen and oxygen atoms in total. The zero-order chi connectivity index (χ0) is 14.8. The van der Waals surface area contributed by atoms with E-state index in [0.717, 1.165) is 20.1 Å². The highest BCUT2D eigenvalue weighted by molar-refractivity contribution is 9.10. The summed E-state index contributed by atoms with van der Waals surface area (Å²) in [5, 5.41) is 4.02. The van der Waals surface area contributed by atoms with E-state index in [0.29, 0.717) is 23.8 Å². The SMILES string of the molecule is Nc1cc(Br)ccc1-c1nc(Cc2ccccc2Br)no1. The van der Waals surface area contributed by atoms with Gasteiger partial charge in [-0.05, 0) is 29.8 Å². The van der Waals surface area contributed by atoms with Gasteiger partial charge in [-0.2, -0.15) is 4.98 Å². The fraction of sp³-hybridized carbons (Fsp3) is 0.0667. The monoisotopic (exact) mass is 407 g/mol. The van der Waals surface area contributed by atoms with Gasteiger partial charge in [0.15, 0.2) is 5.82 Å². The Hall–Kier alpha value is -1.66. The molecule has 0 aliphatic carbocycles. The first-order chi connectivity index (χ1) is 10.1. The molecule has 0 aliphatic rings. The van der Waals surface area contributed by atoms with E-state index >= 15 is 0 Å². The molecule has 0 atom stereocenters. The van der Waals surface area contributed by atoms with Crippen LogP contribution in [0.3, 0.4) is 0 Å². The van der Waals surface area contributed by atoms with Crippen molar-refractivity contribution in [1.29, 1.82) is 0 Å². The van der Waals surface area contributed by atoms with E-state index in [1.54, 1.807) is 0 Å². The molecule has 0 saturated heterocycles. The van der Waals surface area contributed by atoms with Crippen LogP contribution in [0.4, 0.5) is 5.69 Å². The Bertz CT molecular complexity index is 786. The Balaban J connectivity index is 1.88. The van der Waals surface area contributed by atoms with Gasteiger partial charge < -0.3 is 10.3 Å². The molecule has 0 saturated carbocycles. The highest BCUT2D eigenvalue weighted by Gasteiger charge is 2.13. The van der Waals surface area contributed by atoms with E-state index in [2.05, 4.69) is 42.0 Å². The van der Waals surface area contributed by atoms with Crippen LogP contribution in [0.5, 0.6) is 0 Å². The lowest BCUT2D eigenvalue weighted by Gasteiger charge is -2.00.